The van der Waals surface area contributed by atoms with E-state index in [4.69, 9.17) is 15.2 Å². The second-order valence-corrected chi connectivity index (χ2v) is 4.13. The Morgan fingerprint density at radius 2 is 2.29 bits per heavy atom. The van der Waals surface area contributed by atoms with Gasteiger partial charge in [-0.3, -0.25) is 0 Å². The van der Waals surface area contributed by atoms with Crippen LogP contribution in [0.4, 0.5) is 4.39 Å². The van der Waals surface area contributed by atoms with E-state index in [-0.39, 0.29) is 13.2 Å². The zero-order valence-electron chi connectivity index (χ0n) is 9.32. The van der Waals surface area contributed by atoms with Crippen molar-refractivity contribution in [3.05, 3.63) is 35.6 Å². The molecule has 1 aromatic carbocycles. The molecule has 0 spiro atoms. The average Bonchev–Trinajstić information content (AvgIpc) is 2.76. The Labute approximate surface area is 98.5 Å². The first-order chi connectivity index (χ1) is 8.12. The van der Waals surface area contributed by atoms with E-state index in [0.717, 1.165) is 0 Å². The summed E-state index contributed by atoms with van der Waals surface area (Å²) in [5.74, 6) is -0.938. The Balaban J connectivity index is 1.94. The molecule has 0 aromatic heterocycles. The fraction of sp³-hybridized carbons (Fsp3) is 0.417. The quantitative estimate of drug-likeness (QED) is 0.799. The summed E-state index contributed by atoms with van der Waals surface area (Å²) in [5.41, 5.74) is 5.07. The number of esters is 1. The predicted molar refractivity (Wildman–Crippen MR) is 58.6 cm³/mol. The highest BCUT2D eigenvalue weighted by molar-refractivity contribution is 5.81. The molecule has 5 heteroatoms. The molecule has 1 aliphatic rings. The third-order valence-corrected chi connectivity index (χ3v) is 2.78. The molecule has 92 valence electrons. The maximum Gasteiger partial charge on any atom is 0.328 e. The third kappa shape index (κ3) is 2.62. The van der Waals surface area contributed by atoms with E-state index < -0.39 is 17.3 Å². The molecule has 1 atom stereocenters. The highest BCUT2D eigenvalue weighted by Crippen LogP contribution is 2.18. The maximum absolute atomic E-state index is 13.3. The van der Waals surface area contributed by atoms with Crippen LogP contribution in [0.1, 0.15) is 12.0 Å². The Bertz CT molecular complexity index is 416. The van der Waals surface area contributed by atoms with Crippen LogP contribution in [0, 0.1) is 5.82 Å². The Kier molecular flexibility index (Phi) is 3.40. The highest BCUT2D eigenvalue weighted by Gasteiger charge is 2.39. The van der Waals surface area contributed by atoms with E-state index >= 15 is 0 Å². The van der Waals surface area contributed by atoms with Crippen LogP contribution < -0.4 is 5.73 Å². The smallest absolute Gasteiger partial charge is 0.328 e. The van der Waals surface area contributed by atoms with Gasteiger partial charge in [-0.05, 0) is 6.07 Å². The number of carbonyl (C=O) groups excluding carboxylic acids is 1. The van der Waals surface area contributed by atoms with Gasteiger partial charge in [-0.1, -0.05) is 18.2 Å². The zero-order chi connectivity index (χ0) is 12.3. The summed E-state index contributed by atoms with van der Waals surface area (Å²) in [4.78, 5) is 11.7. The summed E-state index contributed by atoms with van der Waals surface area (Å²) in [6.45, 7) is 0.499. The lowest BCUT2D eigenvalue weighted by molar-refractivity contribution is -0.151. The van der Waals surface area contributed by atoms with Crippen LogP contribution in [0.2, 0.25) is 0 Å². The standard InChI is InChI=1S/C12H14FNO3/c13-10-4-2-1-3-9(10)7-17-11(15)12(14)5-6-16-8-12/h1-4H,5-8,14H2. The topological polar surface area (TPSA) is 61.6 Å². The molecule has 0 aliphatic carbocycles. The fourth-order valence-corrected chi connectivity index (χ4v) is 1.64. The van der Waals surface area contributed by atoms with E-state index in [1.807, 2.05) is 0 Å². The number of ether oxygens (including phenoxy) is 2. The van der Waals surface area contributed by atoms with E-state index in [0.29, 0.717) is 18.6 Å². The van der Waals surface area contributed by atoms with E-state index in [1.165, 1.54) is 6.07 Å². The lowest BCUT2D eigenvalue weighted by Gasteiger charge is -2.19. The molecule has 1 unspecified atom stereocenters. The minimum atomic E-state index is -1.08. The van der Waals surface area contributed by atoms with Crippen molar-refractivity contribution >= 4 is 5.97 Å². The van der Waals surface area contributed by atoms with Gasteiger partial charge in [0.2, 0.25) is 0 Å². The maximum atomic E-state index is 13.3. The van der Waals surface area contributed by atoms with E-state index in [1.54, 1.807) is 18.2 Å². The predicted octanol–water partition coefficient (Wildman–Crippen LogP) is 0.987. The van der Waals surface area contributed by atoms with Crippen molar-refractivity contribution in [1.29, 1.82) is 0 Å². The summed E-state index contributed by atoms with van der Waals surface area (Å²) in [6, 6.07) is 6.15. The minimum absolute atomic E-state index is 0.107. The van der Waals surface area contributed by atoms with Gasteiger partial charge < -0.3 is 15.2 Å². The molecule has 0 bridgehead atoms. The first-order valence-corrected chi connectivity index (χ1v) is 5.39. The van der Waals surface area contributed by atoms with Gasteiger partial charge in [0.25, 0.3) is 0 Å². The number of benzene rings is 1. The molecule has 1 heterocycles. The minimum Gasteiger partial charge on any atom is -0.459 e. The molecule has 2 rings (SSSR count). The monoisotopic (exact) mass is 239 g/mol. The fourth-order valence-electron chi connectivity index (χ4n) is 1.64. The van der Waals surface area contributed by atoms with Crippen LogP contribution in [0.3, 0.4) is 0 Å². The molecule has 1 aliphatic heterocycles. The molecule has 1 aromatic rings. The van der Waals surface area contributed by atoms with Gasteiger partial charge in [-0.15, -0.1) is 0 Å². The van der Waals surface area contributed by atoms with Crippen molar-refractivity contribution in [2.24, 2.45) is 5.73 Å². The summed E-state index contributed by atoms with van der Waals surface area (Å²) in [6.07, 6.45) is 0.434. The van der Waals surface area contributed by atoms with Crippen LogP contribution in [0.5, 0.6) is 0 Å². The summed E-state index contributed by atoms with van der Waals surface area (Å²) >= 11 is 0. The van der Waals surface area contributed by atoms with Gasteiger partial charge in [0.1, 0.15) is 18.0 Å². The van der Waals surface area contributed by atoms with Crippen LogP contribution in [-0.2, 0) is 20.9 Å². The number of hydrogen-bond donors (Lipinski definition) is 1. The van der Waals surface area contributed by atoms with Gasteiger partial charge in [0.15, 0.2) is 0 Å². The third-order valence-electron chi connectivity index (χ3n) is 2.78. The van der Waals surface area contributed by atoms with Gasteiger partial charge in [-0.2, -0.15) is 0 Å². The van der Waals surface area contributed by atoms with Crippen molar-refractivity contribution in [1.82, 2.24) is 0 Å². The highest BCUT2D eigenvalue weighted by atomic mass is 19.1. The van der Waals surface area contributed by atoms with Crippen molar-refractivity contribution in [3.8, 4) is 0 Å². The summed E-state index contributed by atoms with van der Waals surface area (Å²) < 4.78 is 23.3. The van der Waals surface area contributed by atoms with Gasteiger partial charge in [0.05, 0.1) is 6.61 Å². The Morgan fingerprint density at radius 3 is 2.94 bits per heavy atom. The second kappa shape index (κ2) is 4.81. The van der Waals surface area contributed by atoms with Crippen molar-refractivity contribution in [3.63, 3.8) is 0 Å². The van der Waals surface area contributed by atoms with E-state index in [9.17, 15) is 9.18 Å². The molecule has 0 radical (unpaired) electrons. The first-order valence-electron chi connectivity index (χ1n) is 5.39. The van der Waals surface area contributed by atoms with Gasteiger partial charge in [-0.25, -0.2) is 9.18 Å². The number of nitrogens with two attached hydrogens (primary N) is 1. The molecule has 0 amide bonds. The molecule has 1 fully saturated rings. The van der Waals surface area contributed by atoms with Crippen molar-refractivity contribution < 1.29 is 18.7 Å². The van der Waals surface area contributed by atoms with Crippen molar-refractivity contribution in [2.75, 3.05) is 13.2 Å². The van der Waals surface area contributed by atoms with Crippen LogP contribution in [0.25, 0.3) is 0 Å². The molecule has 1 saturated heterocycles. The Morgan fingerprint density at radius 1 is 1.53 bits per heavy atom. The second-order valence-electron chi connectivity index (χ2n) is 4.13. The molecular weight excluding hydrogens is 225 g/mol. The SMILES string of the molecule is NC1(C(=O)OCc2ccccc2F)CCOC1. The lowest BCUT2D eigenvalue weighted by atomic mass is 10.0. The number of rotatable bonds is 3. The molecule has 4 nitrogen and oxygen atoms in total. The van der Waals surface area contributed by atoms with Crippen LogP contribution in [-0.4, -0.2) is 24.7 Å². The molecule has 2 N–H and O–H groups in total. The zero-order valence-corrected chi connectivity index (χ0v) is 9.32. The largest absolute Gasteiger partial charge is 0.459 e. The van der Waals surface area contributed by atoms with Gasteiger partial charge in [0, 0.05) is 18.6 Å². The normalized spacial score (nSPS) is 23.6. The van der Waals surface area contributed by atoms with Crippen LogP contribution >= 0.6 is 0 Å². The summed E-state index contributed by atoms with van der Waals surface area (Å²) in [5, 5.41) is 0. The first kappa shape index (κ1) is 12.0. The molecule has 0 saturated carbocycles. The lowest BCUT2D eigenvalue weighted by Crippen LogP contribution is -2.49. The average molecular weight is 239 g/mol. The molecule has 17 heavy (non-hydrogen) atoms. The number of carbonyl (C=O) groups is 1. The van der Waals surface area contributed by atoms with Gasteiger partial charge >= 0.3 is 5.97 Å². The Hall–Kier alpha value is -1.46. The van der Waals surface area contributed by atoms with Crippen LogP contribution in [0.15, 0.2) is 24.3 Å². The molecular formula is C12H14FNO3. The number of halogens is 1. The number of hydrogen-bond acceptors (Lipinski definition) is 4. The van der Waals surface area contributed by atoms with E-state index in [2.05, 4.69) is 0 Å². The van der Waals surface area contributed by atoms with Crippen molar-refractivity contribution in [2.45, 2.75) is 18.6 Å². The summed E-state index contributed by atoms with van der Waals surface area (Å²) in [7, 11) is 0.